The normalized spacial score (nSPS) is 29.3. The molecule has 2 aliphatic heterocycles. The number of nitrogens with zero attached hydrogens (tertiary/aromatic N) is 3. The number of nitrogens with two attached hydrogens (primary N) is 1. The van der Waals surface area contributed by atoms with Gasteiger partial charge in [-0.3, -0.25) is 14.6 Å². The van der Waals surface area contributed by atoms with Gasteiger partial charge in [-0.05, 0) is 17.0 Å². The van der Waals surface area contributed by atoms with Gasteiger partial charge < -0.3 is 20.7 Å². The summed E-state index contributed by atoms with van der Waals surface area (Å²) in [6.07, 6.45) is -2.12. The molecule has 6 atom stereocenters. The summed E-state index contributed by atoms with van der Waals surface area (Å²) in [5, 5.41) is 25.5. The number of thioether (sulfide) groups is 1. The lowest BCUT2D eigenvalue weighted by molar-refractivity contribution is -0.752. The number of nitrogens with one attached hydrogen (secondary N) is 1. The van der Waals surface area contributed by atoms with Crippen LogP contribution in [0.3, 0.4) is 0 Å². The molecule has 0 spiro atoms. The number of hydrogen-bond donors (Lipinski definition) is 4. The van der Waals surface area contributed by atoms with E-state index in [4.69, 9.17) is 19.5 Å². The molecule has 0 bridgehead atoms. The number of carbonyl (C=O) groups excluding carboxylic acids is 1. The highest BCUT2D eigenvalue weighted by atomic mass is 32.2. The number of hydrogen-bond acceptors (Lipinski definition) is 12. The Kier molecular flexibility index (Phi) is 7.68. The van der Waals surface area contributed by atoms with Crippen LogP contribution in [0.5, 0.6) is 0 Å². The van der Waals surface area contributed by atoms with Gasteiger partial charge in [0.05, 0.1) is 0 Å². The summed E-state index contributed by atoms with van der Waals surface area (Å²) in [5.41, 5.74) is 2.79. The Bertz CT molecular complexity index is 1010. The van der Waals surface area contributed by atoms with E-state index in [1.807, 2.05) is 0 Å². The molecule has 1 aromatic rings. The third kappa shape index (κ3) is 5.65. The zero-order valence-electron chi connectivity index (χ0n) is 18.6. The zero-order valence-corrected chi connectivity index (χ0v) is 20.3. The summed E-state index contributed by atoms with van der Waals surface area (Å²) in [4.78, 5) is 30.2. The molecule has 2 aliphatic rings. The first kappa shape index (κ1) is 25.8. The summed E-state index contributed by atoms with van der Waals surface area (Å²) in [5.74, 6) is 0.142. The number of ether oxygens (including phenoxy) is 1. The molecule has 0 aliphatic carbocycles. The number of aromatic amines is 1. The van der Waals surface area contributed by atoms with E-state index in [0.29, 0.717) is 5.75 Å². The lowest BCUT2D eigenvalue weighted by Gasteiger charge is -2.27. The van der Waals surface area contributed by atoms with E-state index in [2.05, 4.69) is 15.1 Å². The van der Waals surface area contributed by atoms with Crippen LogP contribution in [0.25, 0.3) is 0 Å². The smallest absolute Gasteiger partial charge is 0.387 e. The number of aliphatic imine (C=N–C) groups is 1. The quantitative estimate of drug-likeness (QED) is 0.207. The Morgan fingerprint density at radius 1 is 1.45 bits per heavy atom. The molecule has 0 amide bonds. The highest BCUT2D eigenvalue weighted by molar-refractivity contribution is 8.13. The average molecular weight is 505 g/mol. The lowest BCUT2D eigenvalue weighted by atomic mass is 9.89. The van der Waals surface area contributed by atoms with Gasteiger partial charge in [0.1, 0.15) is 37.1 Å². The van der Waals surface area contributed by atoms with Gasteiger partial charge in [0.15, 0.2) is 11.3 Å². The molecule has 1 saturated heterocycles. The van der Waals surface area contributed by atoms with E-state index in [1.165, 1.54) is 17.8 Å². The second kappa shape index (κ2) is 9.82. The van der Waals surface area contributed by atoms with Gasteiger partial charge in [0.2, 0.25) is 12.0 Å². The second-order valence-electron chi connectivity index (χ2n) is 8.88. The van der Waals surface area contributed by atoms with Gasteiger partial charge in [0, 0.05) is 15.7 Å². The molecular weight excluding hydrogens is 477 g/mol. The molecule has 182 valence electrons. The van der Waals surface area contributed by atoms with E-state index in [0.717, 1.165) is 11.8 Å². The molecule has 3 unspecified atom stereocenters. The highest BCUT2D eigenvalue weighted by Crippen LogP contribution is 2.38. The molecule has 3 rings (SSSR count). The number of aromatic nitrogens is 3. The minimum absolute atomic E-state index is 0.00821. The fourth-order valence-corrected chi connectivity index (χ4v) is 4.84. The van der Waals surface area contributed by atoms with Crippen molar-refractivity contribution in [1.82, 2.24) is 10.1 Å². The van der Waals surface area contributed by atoms with Crippen LogP contribution in [0, 0.1) is 5.41 Å². The Labute approximate surface area is 194 Å². The molecule has 0 aromatic carbocycles. The predicted octanol–water partition coefficient (Wildman–Crippen LogP) is -0.228. The van der Waals surface area contributed by atoms with Gasteiger partial charge in [-0.1, -0.05) is 32.5 Å². The van der Waals surface area contributed by atoms with Crippen molar-refractivity contribution < 1.29 is 38.0 Å². The summed E-state index contributed by atoms with van der Waals surface area (Å²) in [6.45, 7) is 6.48. The number of rotatable bonds is 8. The molecular formula is C18H28N5O8PS+2. The third-order valence-corrected chi connectivity index (χ3v) is 7.14. The topological polar surface area (TPSA) is 190 Å². The standard InChI is InChI=1S/C18H27N5O8PS/c1-17(2,3)15(26)33-6-5-29-32(28)30-8-10-11(24)18(4,27)12(31-10)9-7-20-13-14(25)21-16(19)22-23(9)13/h7,9-12,24,27H,5-6,8H2,1-4H3,(H2-,19,21,22,25)/q+1/p+1/t9?,10?,11-,12+,18-/m1/s1. The van der Waals surface area contributed by atoms with Gasteiger partial charge in [-0.25, -0.2) is 0 Å². The predicted molar refractivity (Wildman–Crippen MR) is 118 cm³/mol. The van der Waals surface area contributed by atoms with Crippen LogP contribution in [-0.2, 0) is 23.1 Å². The van der Waals surface area contributed by atoms with Gasteiger partial charge >= 0.3 is 19.6 Å². The van der Waals surface area contributed by atoms with Crippen LogP contribution >= 0.6 is 20.0 Å². The zero-order chi connectivity index (χ0) is 24.6. The molecule has 15 heteroatoms. The van der Waals surface area contributed by atoms with E-state index >= 15 is 0 Å². The maximum atomic E-state index is 12.0. The Morgan fingerprint density at radius 3 is 2.82 bits per heavy atom. The molecule has 1 fully saturated rings. The summed E-state index contributed by atoms with van der Waals surface area (Å²) < 4.78 is 29.2. The minimum atomic E-state index is -2.53. The number of anilines is 1. The Morgan fingerprint density at radius 2 is 2.15 bits per heavy atom. The first-order valence-electron chi connectivity index (χ1n) is 10.1. The van der Waals surface area contributed by atoms with Crippen molar-refractivity contribution >= 4 is 43.1 Å². The van der Waals surface area contributed by atoms with Crippen molar-refractivity contribution in [3.05, 3.63) is 10.4 Å². The molecule has 33 heavy (non-hydrogen) atoms. The maximum Gasteiger partial charge on any atom is 0.697 e. The van der Waals surface area contributed by atoms with Gasteiger partial charge in [-0.2, -0.15) is 0 Å². The number of nitrogen functional groups attached to an aromatic ring is 1. The molecule has 0 saturated carbocycles. The molecule has 13 nitrogen and oxygen atoms in total. The van der Waals surface area contributed by atoms with Crippen molar-refractivity contribution in [2.24, 2.45) is 10.4 Å². The average Bonchev–Trinajstić information content (AvgIpc) is 3.22. The molecule has 5 N–H and O–H groups in total. The van der Waals surface area contributed by atoms with Crippen LogP contribution < -0.4 is 16.0 Å². The van der Waals surface area contributed by atoms with E-state index in [1.54, 1.807) is 20.8 Å². The van der Waals surface area contributed by atoms with Crippen LogP contribution in [0.1, 0.15) is 33.7 Å². The van der Waals surface area contributed by atoms with Crippen molar-refractivity contribution in [2.45, 2.75) is 57.6 Å². The Hall–Kier alpha value is -1.80. The fraction of sp³-hybridized carbons (Fsp3) is 0.722. The minimum Gasteiger partial charge on any atom is -0.387 e. The number of fused-ring (bicyclic) bond motifs is 1. The van der Waals surface area contributed by atoms with E-state index in [-0.39, 0.29) is 30.1 Å². The Balaban J connectivity index is 1.55. The number of carbonyl (C=O) groups is 1. The number of H-pyrrole nitrogens is 1. The van der Waals surface area contributed by atoms with E-state index in [9.17, 15) is 24.4 Å². The first-order chi connectivity index (χ1) is 15.3. The third-order valence-electron chi connectivity index (χ3n) is 5.14. The lowest BCUT2D eigenvalue weighted by Crippen LogP contribution is -2.57. The van der Waals surface area contributed by atoms with Crippen LogP contribution in [0.4, 0.5) is 11.8 Å². The maximum absolute atomic E-state index is 12.0. The van der Waals surface area contributed by atoms with Crippen molar-refractivity contribution in [1.29, 1.82) is 0 Å². The SMILES string of the molecule is CC(C)(C)C(=O)SCCO[P+](=O)OCC1O[C@@H](C2C=Nc3c(=O)[nH]c(N)n[n+]32)[C@](C)(O)[C@@H]1O. The molecule has 1 aromatic heterocycles. The van der Waals surface area contributed by atoms with Gasteiger partial charge in [-0.15, -0.1) is 13.7 Å². The van der Waals surface area contributed by atoms with Gasteiger partial charge in [0.25, 0.3) is 0 Å². The number of aliphatic hydroxyl groups excluding tert-OH is 1. The second-order valence-corrected chi connectivity index (χ2v) is 10.9. The van der Waals surface area contributed by atoms with Crippen molar-refractivity contribution in [3.8, 4) is 0 Å². The summed E-state index contributed by atoms with van der Waals surface area (Å²) >= 11 is 1.08. The van der Waals surface area contributed by atoms with Crippen LogP contribution in [-0.4, -0.2) is 74.5 Å². The van der Waals surface area contributed by atoms with Crippen LogP contribution in [0.15, 0.2) is 9.79 Å². The van der Waals surface area contributed by atoms with E-state index < -0.39 is 49.2 Å². The summed E-state index contributed by atoms with van der Waals surface area (Å²) in [6, 6.07) is -0.818. The highest BCUT2D eigenvalue weighted by Gasteiger charge is 2.59. The fourth-order valence-electron chi connectivity index (χ4n) is 3.34. The molecule has 0 radical (unpaired) electrons. The van der Waals surface area contributed by atoms with Crippen molar-refractivity contribution in [2.75, 3.05) is 24.7 Å². The van der Waals surface area contributed by atoms with Crippen molar-refractivity contribution in [3.63, 3.8) is 0 Å². The largest absolute Gasteiger partial charge is 0.697 e. The number of aliphatic hydroxyl groups is 2. The van der Waals surface area contributed by atoms with Crippen LogP contribution in [0.2, 0.25) is 0 Å². The summed E-state index contributed by atoms with van der Waals surface area (Å²) in [7, 11) is -2.53. The first-order valence-corrected chi connectivity index (χ1v) is 12.2. The molecule has 3 heterocycles. The monoisotopic (exact) mass is 505 g/mol.